The van der Waals surface area contributed by atoms with Gasteiger partial charge in [0.15, 0.2) is 0 Å². The first-order valence-corrected chi connectivity index (χ1v) is 8.57. The summed E-state index contributed by atoms with van der Waals surface area (Å²) in [6, 6.07) is 8.10. The molecule has 1 aromatic rings. The minimum atomic E-state index is 0. The van der Waals surface area contributed by atoms with Crippen molar-refractivity contribution in [3.63, 3.8) is 0 Å². The van der Waals surface area contributed by atoms with Crippen LogP contribution < -0.4 is 10.6 Å². The maximum atomic E-state index is 12.6. The summed E-state index contributed by atoms with van der Waals surface area (Å²) in [5.41, 5.74) is 7.08. The van der Waals surface area contributed by atoms with E-state index >= 15 is 0 Å². The molecule has 24 heavy (non-hydrogen) atoms. The molecule has 1 aliphatic heterocycles. The van der Waals surface area contributed by atoms with Gasteiger partial charge >= 0.3 is 0 Å². The SMILES string of the molecule is Cl.Cl.NC1CCCC(C(=O)N2CCN(c3ccccc3Cl)CC2)C1. The maximum Gasteiger partial charge on any atom is 0.225 e. The van der Waals surface area contributed by atoms with Crippen LogP contribution in [0.1, 0.15) is 25.7 Å². The van der Waals surface area contributed by atoms with Gasteiger partial charge in [-0.25, -0.2) is 0 Å². The topological polar surface area (TPSA) is 49.6 Å². The van der Waals surface area contributed by atoms with E-state index < -0.39 is 0 Å². The first-order chi connectivity index (χ1) is 10.6. The van der Waals surface area contributed by atoms with Crippen LogP contribution in [0.15, 0.2) is 24.3 Å². The quantitative estimate of drug-likeness (QED) is 0.837. The van der Waals surface area contributed by atoms with E-state index in [2.05, 4.69) is 4.90 Å². The summed E-state index contributed by atoms with van der Waals surface area (Å²) in [5.74, 6) is 0.435. The smallest absolute Gasteiger partial charge is 0.225 e. The number of anilines is 1. The molecule has 0 bridgehead atoms. The molecular weight excluding hydrogens is 369 g/mol. The van der Waals surface area contributed by atoms with Crippen LogP contribution >= 0.6 is 36.4 Å². The summed E-state index contributed by atoms with van der Waals surface area (Å²) in [4.78, 5) is 16.9. The molecule has 3 rings (SSSR count). The van der Waals surface area contributed by atoms with Crippen LogP contribution in [0.5, 0.6) is 0 Å². The fourth-order valence-corrected chi connectivity index (χ4v) is 3.84. The zero-order chi connectivity index (χ0) is 15.5. The lowest BCUT2D eigenvalue weighted by molar-refractivity contribution is -0.137. The Morgan fingerprint density at radius 2 is 1.75 bits per heavy atom. The second kappa shape index (κ2) is 9.71. The molecule has 0 spiro atoms. The number of rotatable bonds is 2. The second-order valence-corrected chi connectivity index (χ2v) is 6.79. The van der Waals surface area contributed by atoms with Gasteiger partial charge in [-0.05, 0) is 31.4 Å². The minimum Gasteiger partial charge on any atom is -0.367 e. The predicted octanol–water partition coefficient (Wildman–Crippen LogP) is 3.35. The van der Waals surface area contributed by atoms with E-state index in [0.717, 1.165) is 62.6 Å². The zero-order valence-corrected chi connectivity index (χ0v) is 16.1. The zero-order valence-electron chi connectivity index (χ0n) is 13.7. The number of carbonyl (C=O) groups is 1. The van der Waals surface area contributed by atoms with Crippen molar-refractivity contribution < 1.29 is 4.79 Å². The number of hydrogen-bond acceptors (Lipinski definition) is 3. The van der Waals surface area contributed by atoms with Crippen LogP contribution in [0.4, 0.5) is 5.69 Å². The van der Waals surface area contributed by atoms with Crippen molar-refractivity contribution in [3.8, 4) is 0 Å². The van der Waals surface area contributed by atoms with Gasteiger partial charge in [-0.2, -0.15) is 0 Å². The molecule has 2 N–H and O–H groups in total. The van der Waals surface area contributed by atoms with Gasteiger partial charge in [-0.15, -0.1) is 24.8 Å². The standard InChI is InChI=1S/C17H24ClN3O.2ClH/c18-15-6-1-2-7-16(15)20-8-10-21(11-9-20)17(22)13-4-3-5-14(19)12-13;;/h1-2,6-7,13-14H,3-5,8-12,19H2;2*1H. The molecule has 4 nitrogen and oxygen atoms in total. The van der Waals surface area contributed by atoms with Gasteiger partial charge in [-0.3, -0.25) is 4.79 Å². The molecule has 0 aromatic heterocycles. The van der Waals surface area contributed by atoms with Crippen LogP contribution in [-0.4, -0.2) is 43.0 Å². The Balaban J connectivity index is 0.00000144. The largest absolute Gasteiger partial charge is 0.367 e. The Bertz CT molecular complexity index is 536. The number of halogens is 3. The minimum absolute atomic E-state index is 0. The molecule has 1 saturated carbocycles. The Morgan fingerprint density at radius 1 is 1.08 bits per heavy atom. The Morgan fingerprint density at radius 3 is 2.38 bits per heavy atom. The number of amides is 1. The number of hydrogen-bond donors (Lipinski definition) is 1. The van der Waals surface area contributed by atoms with Crippen molar-refractivity contribution in [2.75, 3.05) is 31.1 Å². The normalized spacial score (nSPS) is 23.9. The number of nitrogens with two attached hydrogens (primary N) is 1. The van der Waals surface area contributed by atoms with Gasteiger partial charge in [0.1, 0.15) is 0 Å². The monoisotopic (exact) mass is 393 g/mol. The molecule has 0 radical (unpaired) electrons. The highest BCUT2D eigenvalue weighted by molar-refractivity contribution is 6.33. The molecule has 1 aliphatic carbocycles. The highest BCUT2D eigenvalue weighted by atomic mass is 35.5. The average Bonchev–Trinajstić information content (AvgIpc) is 2.55. The first-order valence-electron chi connectivity index (χ1n) is 8.19. The summed E-state index contributed by atoms with van der Waals surface area (Å²) >= 11 is 6.26. The number of para-hydroxylation sites is 1. The molecule has 1 heterocycles. The van der Waals surface area contributed by atoms with E-state index in [0.29, 0.717) is 5.91 Å². The van der Waals surface area contributed by atoms with E-state index in [4.69, 9.17) is 17.3 Å². The van der Waals surface area contributed by atoms with Crippen molar-refractivity contribution in [2.45, 2.75) is 31.7 Å². The van der Waals surface area contributed by atoms with Gasteiger partial charge in [0.2, 0.25) is 5.91 Å². The van der Waals surface area contributed by atoms with Crippen LogP contribution in [0.3, 0.4) is 0 Å². The number of piperazine rings is 1. The third kappa shape index (κ3) is 4.92. The van der Waals surface area contributed by atoms with Gasteiger partial charge < -0.3 is 15.5 Å². The molecule has 2 aliphatic rings. The predicted molar refractivity (Wildman–Crippen MR) is 105 cm³/mol. The summed E-state index contributed by atoms with van der Waals surface area (Å²) < 4.78 is 0. The summed E-state index contributed by atoms with van der Waals surface area (Å²) in [6.07, 6.45) is 3.99. The van der Waals surface area contributed by atoms with Gasteiger partial charge in [-0.1, -0.05) is 30.2 Å². The van der Waals surface area contributed by atoms with E-state index in [-0.39, 0.29) is 36.8 Å². The molecule has 2 atom stereocenters. The van der Waals surface area contributed by atoms with Crippen LogP contribution in [0, 0.1) is 5.92 Å². The average molecular weight is 395 g/mol. The number of carbonyl (C=O) groups excluding carboxylic acids is 1. The lowest BCUT2D eigenvalue weighted by Gasteiger charge is -2.39. The van der Waals surface area contributed by atoms with E-state index in [1.807, 2.05) is 29.2 Å². The Labute approximate surface area is 161 Å². The van der Waals surface area contributed by atoms with Crippen molar-refractivity contribution in [1.29, 1.82) is 0 Å². The van der Waals surface area contributed by atoms with E-state index in [1.165, 1.54) is 0 Å². The number of nitrogens with zero attached hydrogens (tertiary/aromatic N) is 2. The molecule has 1 aromatic carbocycles. The van der Waals surface area contributed by atoms with Crippen LogP contribution in [-0.2, 0) is 4.79 Å². The fraction of sp³-hybridized carbons (Fsp3) is 0.588. The van der Waals surface area contributed by atoms with Crippen LogP contribution in [0.25, 0.3) is 0 Å². The van der Waals surface area contributed by atoms with E-state index in [9.17, 15) is 4.79 Å². The molecule has 7 heteroatoms. The number of benzene rings is 1. The van der Waals surface area contributed by atoms with E-state index in [1.54, 1.807) is 0 Å². The first kappa shape index (κ1) is 21.4. The van der Waals surface area contributed by atoms with Gasteiger partial charge in [0, 0.05) is 38.1 Å². The molecule has 2 fully saturated rings. The third-order valence-corrected chi connectivity index (χ3v) is 5.17. The molecule has 1 amide bonds. The summed E-state index contributed by atoms with van der Waals surface area (Å²) in [5, 5.41) is 0.778. The highest BCUT2D eigenvalue weighted by Crippen LogP contribution is 2.28. The van der Waals surface area contributed by atoms with Crippen molar-refractivity contribution in [3.05, 3.63) is 29.3 Å². The molecule has 2 unspecified atom stereocenters. The highest BCUT2D eigenvalue weighted by Gasteiger charge is 2.30. The molecular formula is C17H26Cl3N3O. The lowest BCUT2D eigenvalue weighted by Crippen LogP contribution is -2.51. The maximum absolute atomic E-state index is 12.6. The molecule has 136 valence electrons. The van der Waals surface area contributed by atoms with Crippen molar-refractivity contribution in [1.82, 2.24) is 4.90 Å². The van der Waals surface area contributed by atoms with Gasteiger partial charge in [0.25, 0.3) is 0 Å². The van der Waals surface area contributed by atoms with Gasteiger partial charge in [0.05, 0.1) is 10.7 Å². The molecule has 1 saturated heterocycles. The third-order valence-electron chi connectivity index (χ3n) is 4.85. The van der Waals surface area contributed by atoms with Crippen LogP contribution in [0.2, 0.25) is 5.02 Å². The Hall–Kier alpha value is -0.680. The summed E-state index contributed by atoms with van der Waals surface area (Å²) in [6.45, 7) is 3.23. The summed E-state index contributed by atoms with van der Waals surface area (Å²) in [7, 11) is 0. The Kier molecular flexibility index (Phi) is 8.65. The van der Waals surface area contributed by atoms with Crippen molar-refractivity contribution in [2.24, 2.45) is 11.7 Å². The lowest BCUT2D eigenvalue weighted by atomic mass is 9.85. The second-order valence-electron chi connectivity index (χ2n) is 6.39. The van der Waals surface area contributed by atoms with Crippen molar-refractivity contribution >= 4 is 48.0 Å². The fourth-order valence-electron chi connectivity index (χ4n) is 3.59.